The van der Waals surface area contributed by atoms with Crippen molar-refractivity contribution in [3.05, 3.63) is 34.9 Å². The van der Waals surface area contributed by atoms with Gasteiger partial charge >= 0.3 is 0 Å². The van der Waals surface area contributed by atoms with Gasteiger partial charge in [-0.25, -0.2) is 0 Å². The molecule has 108 valence electrons. The smallest absolute Gasteiger partial charge is 0.230 e. The largest absolute Gasteiger partial charge is 0.370 e. The molecule has 1 aromatic rings. The van der Waals surface area contributed by atoms with Gasteiger partial charge in [0.25, 0.3) is 0 Å². The predicted molar refractivity (Wildman–Crippen MR) is 78.4 cm³/mol. The van der Waals surface area contributed by atoms with Gasteiger partial charge in [0.05, 0.1) is 5.41 Å². The highest BCUT2D eigenvalue weighted by Crippen LogP contribution is 2.44. The summed E-state index contributed by atoms with van der Waals surface area (Å²) in [5, 5.41) is 3.56. The van der Waals surface area contributed by atoms with Gasteiger partial charge in [0.15, 0.2) is 0 Å². The SMILES string of the molecule is NC(=O)CCCNC(=O)C1(c2cccc(Cl)c2)CCC1. The van der Waals surface area contributed by atoms with Crippen molar-refractivity contribution in [2.24, 2.45) is 5.73 Å². The molecule has 0 unspecified atom stereocenters. The molecule has 3 N–H and O–H groups in total. The van der Waals surface area contributed by atoms with Crippen molar-refractivity contribution < 1.29 is 9.59 Å². The van der Waals surface area contributed by atoms with Crippen LogP contribution < -0.4 is 11.1 Å². The summed E-state index contributed by atoms with van der Waals surface area (Å²) >= 11 is 6.02. The Morgan fingerprint density at radius 3 is 2.65 bits per heavy atom. The highest BCUT2D eigenvalue weighted by molar-refractivity contribution is 6.30. The Kier molecular flexibility index (Phi) is 4.65. The molecule has 20 heavy (non-hydrogen) atoms. The predicted octanol–water partition coefficient (Wildman–Crippen LogP) is 2.14. The number of halogens is 1. The maximum Gasteiger partial charge on any atom is 0.230 e. The van der Waals surface area contributed by atoms with Crippen LogP contribution in [0.3, 0.4) is 0 Å². The summed E-state index contributed by atoms with van der Waals surface area (Å²) in [5.74, 6) is -0.317. The summed E-state index contributed by atoms with van der Waals surface area (Å²) in [6, 6.07) is 7.50. The lowest BCUT2D eigenvalue weighted by atomic mass is 9.64. The van der Waals surface area contributed by atoms with E-state index in [0.29, 0.717) is 24.4 Å². The first-order chi connectivity index (χ1) is 9.54. The van der Waals surface area contributed by atoms with Crippen LogP contribution in [0, 0.1) is 0 Å². The van der Waals surface area contributed by atoms with Gasteiger partial charge in [0.1, 0.15) is 0 Å². The average molecular weight is 295 g/mol. The molecule has 1 saturated carbocycles. The molecule has 4 nitrogen and oxygen atoms in total. The van der Waals surface area contributed by atoms with Gasteiger partial charge in [-0.2, -0.15) is 0 Å². The Balaban J connectivity index is 2.00. The Bertz CT molecular complexity index is 512. The van der Waals surface area contributed by atoms with Gasteiger partial charge in [-0.15, -0.1) is 0 Å². The van der Waals surface area contributed by atoms with Gasteiger partial charge in [0, 0.05) is 18.0 Å². The van der Waals surface area contributed by atoms with Crippen LogP contribution in [0.2, 0.25) is 5.02 Å². The van der Waals surface area contributed by atoms with Gasteiger partial charge in [-0.3, -0.25) is 9.59 Å². The van der Waals surface area contributed by atoms with E-state index in [2.05, 4.69) is 5.32 Å². The molecule has 5 heteroatoms. The highest BCUT2D eigenvalue weighted by Gasteiger charge is 2.45. The molecule has 0 heterocycles. The van der Waals surface area contributed by atoms with Crippen LogP contribution >= 0.6 is 11.6 Å². The van der Waals surface area contributed by atoms with E-state index in [1.165, 1.54) is 0 Å². The molecule has 1 fully saturated rings. The zero-order valence-corrected chi connectivity index (χ0v) is 12.1. The maximum atomic E-state index is 12.4. The number of nitrogens with one attached hydrogen (secondary N) is 1. The Labute approximate surface area is 123 Å². The van der Waals surface area contributed by atoms with E-state index >= 15 is 0 Å². The molecule has 1 aromatic carbocycles. The highest BCUT2D eigenvalue weighted by atomic mass is 35.5. The zero-order chi connectivity index (χ0) is 14.6. The molecule has 0 aliphatic heterocycles. The topological polar surface area (TPSA) is 72.2 Å². The first-order valence-electron chi connectivity index (χ1n) is 6.87. The summed E-state index contributed by atoms with van der Waals surface area (Å²) in [6.45, 7) is 0.476. The van der Waals surface area contributed by atoms with E-state index < -0.39 is 5.41 Å². The van der Waals surface area contributed by atoms with Crippen LogP contribution in [0.1, 0.15) is 37.7 Å². The van der Waals surface area contributed by atoms with E-state index in [1.54, 1.807) is 0 Å². The fraction of sp³-hybridized carbons (Fsp3) is 0.467. The van der Waals surface area contributed by atoms with E-state index in [1.807, 2.05) is 24.3 Å². The maximum absolute atomic E-state index is 12.4. The number of rotatable bonds is 6. The fourth-order valence-corrected chi connectivity index (χ4v) is 2.79. The van der Waals surface area contributed by atoms with Crippen LogP contribution in [-0.2, 0) is 15.0 Å². The van der Waals surface area contributed by atoms with Crippen molar-refractivity contribution in [3.63, 3.8) is 0 Å². The monoisotopic (exact) mass is 294 g/mol. The van der Waals surface area contributed by atoms with Crippen molar-refractivity contribution in [1.29, 1.82) is 0 Å². The molecular weight excluding hydrogens is 276 g/mol. The zero-order valence-electron chi connectivity index (χ0n) is 11.3. The molecule has 2 rings (SSSR count). The number of nitrogens with two attached hydrogens (primary N) is 1. The second-order valence-electron chi connectivity index (χ2n) is 5.27. The van der Waals surface area contributed by atoms with Gasteiger partial charge < -0.3 is 11.1 Å². The first kappa shape index (κ1) is 14.9. The standard InChI is InChI=1S/C15H19ClN2O2/c16-12-5-1-4-11(10-12)15(7-3-8-15)14(20)18-9-2-6-13(17)19/h1,4-5,10H,2-3,6-9H2,(H2,17,19)(H,18,20). The van der Waals surface area contributed by atoms with Crippen LogP contribution in [-0.4, -0.2) is 18.4 Å². The molecule has 0 saturated heterocycles. The Morgan fingerprint density at radius 2 is 2.10 bits per heavy atom. The summed E-state index contributed by atoms with van der Waals surface area (Å²) in [4.78, 5) is 23.1. The third-order valence-corrected chi connectivity index (χ3v) is 4.14. The van der Waals surface area contributed by atoms with Crippen molar-refractivity contribution >= 4 is 23.4 Å². The van der Waals surface area contributed by atoms with Crippen LogP contribution in [0.15, 0.2) is 24.3 Å². The summed E-state index contributed by atoms with van der Waals surface area (Å²) in [7, 11) is 0. The average Bonchev–Trinajstić information content (AvgIpc) is 2.33. The molecule has 1 aliphatic rings. The number of hydrogen-bond donors (Lipinski definition) is 2. The minimum absolute atomic E-state index is 0.0236. The lowest BCUT2D eigenvalue weighted by Gasteiger charge is -2.40. The summed E-state index contributed by atoms with van der Waals surface area (Å²) < 4.78 is 0. The van der Waals surface area contributed by atoms with Crippen LogP contribution in [0.5, 0.6) is 0 Å². The third-order valence-electron chi connectivity index (χ3n) is 3.90. The van der Waals surface area contributed by atoms with E-state index in [0.717, 1.165) is 24.8 Å². The minimum atomic E-state index is -0.447. The normalized spacial score (nSPS) is 16.2. The Hall–Kier alpha value is -1.55. The molecule has 1 aliphatic carbocycles. The molecular formula is C15H19ClN2O2. The number of carbonyl (C=O) groups excluding carboxylic acids is 2. The van der Waals surface area contributed by atoms with Crippen LogP contribution in [0.25, 0.3) is 0 Å². The molecule has 0 spiro atoms. The quantitative estimate of drug-likeness (QED) is 0.789. The summed E-state index contributed by atoms with van der Waals surface area (Å²) in [6.07, 6.45) is 3.60. The van der Waals surface area contributed by atoms with Crippen LogP contribution in [0.4, 0.5) is 0 Å². The van der Waals surface area contributed by atoms with Crippen molar-refractivity contribution in [3.8, 4) is 0 Å². The van der Waals surface area contributed by atoms with Crippen molar-refractivity contribution in [1.82, 2.24) is 5.32 Å². The van der Waals surface area contributed by atoms with Gasteiger partial charge in [0.2, 0.25) is 11.8 Å². The fourth-order valence-electron chi connectivity index (χ4n) is 2.60. The van der Waals surface area contributed by atoms with Crippen molar-refractivity contribution in [2.75, 3.05) is 6.54 Å². The number of carbonyl (C=O) groups is 2. The van der Waals surface area contributed by atoms with Crippen molar-refractivity contribution in [2.45, 2.75) is 37.5 Å². The number of hydrogen-bond acceptors (Lipinski definition) is 2. The second-order valence-corrected chi connectivity index (χ2v) is 5.71. The van der Waals surface area contributed by atoms with E-state index in [4.69, 9.17) is 17.3 Å². The lowest BCUT2D eigenvalue weighted by molar-refractivity contribution is -0.130. The second kappa shape index (κ2) is 6.27. The Morgan fingerprint density at radius 1 is 1.35 bits per heavy atom. The lowest BCUT2D eigenvalue weighted by Crippen LogP contribution is -2.49. The number of benzene rings is 1. The van der Waals surface area contributed by atoms with E-state index in [9.17, 15) is 9.59 Å². The van der Waals surface area contributed by atoms with Gasteiger partial charge in [-0.05, 0) is 37.0 Å². The number of primary amides is 1. The number of amides is 2. The van der Waals surface area contributed by atoms with Gasteiger partial charge in [-0.1, -0.05) is 30.2 Å². The molecule has 0 bridgehead atoms. The third kappa shape index (κ3) is 3.12. The molecule has 2 amide bonds. The summed E-state index contributed by atoms with van der Waals surface area (Å²) in [5.41, 5.74) is 5.60. The molecule has 0 radical (unpaired) electrons. The molecule has 0 aromatic heterocycles. The minimum Gasteiger partial charge on any atom is -0.370 e. The van der Waals surface area contributed by atoms with E-state index in [-0.39, 0.29) is 11.8 Å². The molecule has 0 atom stereocenters. The first-order valence-corrected chi connectivity index (χ1v) is 7.25.